The Kier molecular flexibility index (Phi) is 14.1. The molecule has 1 heterocycles. The van der Waals surface area contributed by atoms with E-state index in [4.69, 9.17) is 28.4 Å². The monoisotopic (exact) mass is 466 g/mol. The first kappa shape index (κ1) is 29.1. The Morgan fingerprint density at radius 1 is 0.839 bits per heavy atom. The molecule has 180 valence electrons. The van der Waals surface area contributed by atoms with Gasteiger partial charge in [0.15, 0.2) is 24.6 Å². The van der Waals surface area contributed by atoms with E-state index in [9.17, 15) is 19.2 Å². The molecule has 0 N–H and O–H groups in total. The van der Waals surface area contributed by atoms with Gasteiger partial charge in [-0.3, -0.25) is 19.2 Å². The lowest BCUT2D eigenvalue weighted by Gasteiger charge is -2.44. The van der Waals surface area contributed by atoms with E-state index in [2.05, 4.69) is 0 Å². The zero-order valence-electron chi connectivity index (χ0n) is 17.9. The maximum Gasteiger partial charge on any atom is 0.303 e. The van der Waals surface area contributed by atoms with Crippen molar-refractivity contribution in [1.82, 2.24) is 0 Å². The molecule has 1 fully saturated rings. The van der Waals surface area contributed by atoms with Gasteiger partial charge in [0.05, 0.1) is 6.61 Å². The van der Waals surface area contributed by atoms with Crippen molar-refractivity contribution in [2.24, 2.45) is 0 Å². The number of carbonyl (C=O) groups is 4. The van der Waals surface area contributed by atoms with Crippen LogP contribution in [0.1, 0.15) is 48.5 Å². The van der Waals surface area contributed by atoms with Crippen LogP contribution in [-0.2, 0) is 47.6 Å². The van der Waals surface area contributed by atoms with Crippen LogP contribution in [0.3, 0.4) is 0 Å². The molecule has 0 aromatic rings. The lowest BCUT2D eigenvalue weighted by Crippen LogP contribution is -2.63. The Hall–Kier alpha value is -1.85. The average Bonchev–Trinajstić information content (AvgIpc) is 2.63. The fourth-order valence-corrected chi connectivity index (χ4v) is 3.44. The summed E-state index contributed by atoms with van der Waals surface area (Å²) < 4.78 is 32.5. The molecule has 10 nitrogen and oxygen atoms in total. The molecular weight excluding hydrogens is 432 g/mol. The summed E-state index contributed by atoms with van der Waals surface area (Å²) in [6.45, 7) is 6.81. The van der Waals surface area contributed by atoms with Crippen molar-refractivity contribution in [2.45, 2.75) is 79.2 Å². The third kappa shape index (κ3) is 10.8. The second-order valence-corrected chi connectivity index (χ2v) is 7.88. The molecule has 0 aliphatic carbocycles. The van der Waals surface area contributed by atoms with Crippen LogP contribution in [0.4, 0.5) is 0 Å². The van der Waals surface area contributed by atoms with E-state index in [0.717, 1.165) is 11.5 Å². The van der Waals surface area contributed by atoms with Gasteiger partial charge in [0.25, 0.3) is 0 Å². The fraction of sp³-hybridized carbons (Fsp3) is 0.800. The van der Waals surface area contributed by atoms with Crippen LogP contribution in [0, 0.1) is 0 Å². The summed E-state index contributed by atoms with van der Waals surface area (Å²) in [5.74, 6) is -0.746. The molecule has 0 bridgehead atoms. The SMILES string of the molecule is C.CCSCCCOC1OC(COC(C)=O)C(OC(C)=O)C(OC(C)=O)C1OC(C)=O. The van der Waals surface area contributed by atoms with E-state index in [-0.39, 0.29) is 14.0 Å². The summed E-state index contributed by atoms with van der Waals surface area (Å²) in [5, 5.41) is 0. The summed E-state index contributed by atoms with van der Waals surface area (Å²) in [6, 6.07) is 0. The number of rotatable bonds is 11. The maximum absolute atomic E-state index is 11.7. The van der Waals surface area contributed by atoms with E-state index < -0.39 is 54.6 Å². The highest BCUT2D eigenvalue weighted by molar-refractivity contribution is 7.99. The average molecular weight is 467 g/mol. The van der Waals surface area contributed by atoms with Crippen molar-refractivity contribution in [3.8, 4) is 0 Å². The molecule has 0 amide bonds. The van der Waals surface area contributed by atoms with Gasteiger partial charge in [-0.25, -0.2) is 0 Å². The maximum atomic E-state index is 11.7. The lowest BCUT2D eigenvalue weighted by atomic mass is 9.98. The minimum atomic E-state index is -1.21. The van der Waals surface area contributed by atoms with Gasteiger partial charge in [-0.1, -0.05) is 14.4 Å². The van der Waals surface area contributed by atoms with E-state index in [1.807, 2.05) is 6.92 Å². The molecule has 5 atom stereocenters. The Balaban J connectivity index is 0.00000900. The summed E-state index contributed by atoms with van der Waals surface area (Å²) in [7, 11) is 0. The van der Waals surface area contributed by atoms with Crippen LogP contribution in [0.15, 0.2) is 0 Å². The van der Waals surface area contributed by atoms with Gasteiger partial charge in [-0.2, -0.15) is 11.8 Å². The molecule has 0 spiro atoms. The minimum Gasteiger partial charge on any atom is -0.463 e. The Labute approximate surface area is 187 Å². The molecule has 1 saturated heterocycles. The van der Waals surface area contributed by atoms with Gasteiger partial charge < -0.3 is 28.4 Å². The number of thioether (sulfide) groups is 1. The van der Waals surface area contributed by atoms with Crippen LogP contribution >= 0.6 is 11.8 Å². The second kappa shape index (κ2) is 15.0. The van der Waals surface area contributed by atoms with Gasteiger partial charge >= 0.3 is 23.9 Å². The smallest absolute Gasteiger partial charge is 0.303 e. The summed E-state index contributed by atoms with van der Waals surface area (Å²) in [4.78, 5) is 46.3. The van der Waals surface area contributed by atoms with E-state index >= 15 is 0 Å². The van der Waals surface area contributed by atoms with Crippen molar-refractivity contribution >= 4 is 35.6 Å². The summed E-state index contributed by atoms with van der Waals surface area (Å²) >= 11 is 1.74. The number of carbonyl (C=O) groups excluding carboxylic acids is 4. The molecule has 1 aliphatic rings. The topological polar surface area (TPSA) is 124 Å². The minimum absolute atomic E-state index is 0. The Morgan fingerprint density at radius 2 is 1.39 bits per heavy atom. The van der Waals surface area contributed by atoms with Gasteiger partial charge in [0, 0.05) is 27.7 Å². The molecule has 5 unspecified atom stereocenters. The highest BCUT2D eigenvalue weighted by Gasteiger charge is 2.52. The highest BCUT2D eigenvalue weighted by atomic mass is 32.2. The van der Waals surface area contributed by atoms with Crippen molar-refractivity contribution in [3.05, 3.63) is 0 Å². The Morgan fingerprint density at radius 3 is 1.90 bits per heavy atom. The summed E-state index contributed by atoms with van der Waals surface area (Å²) in [5.41, 5.74) is 0. The number of hydrogen-bond acceptors (Lipinski definition) is 11. The molecular formula is C20H34O10S. The van der Waals surface area contributed by atoms with E-state index in [0.29, 0.717) is 13.0 Å². The standard InChI is InChI=1S/C19H30O10S.CH4/c1-6-30-9-7-8-24-19-18(28-14(5)23)17(27-13(4)22)16(26-12(3)21)15(29-19)10-25-11(2)20;/h15-19H,6-10H2,1-5H3;1H4. The number of esters is 4. The predicted octanol–water partition coefficient (Wildman–Crippen LogP) is 1.87. The van der Waals surface area contributed by atoms with Crippen LogP contribution < -0.4 is 0 Å². The fourth-order valence-electron chi connectivity index (χ4n) is 2.83. The van der Waals surface area contributed by atoms with Gasteiger partial charge in [-0.15, -0.1) is 0 Å². The third-order valence-corrected chi connectivity index (χ3v) is 4.85. The van der Waals surface area contributed by atoms with Crippen LogP contribution in [-0.4, -0.2) is 79.3 Å². The van der Waals surface area contributed by atoms with Crippen molar-refractivity contribution in [2.75, 3.05) is 24.7 Å². The van der Waals surface area contributed by atoms with E-state index in [1.165, 1.54) is 27.7 Å². The largest absolute Gasteiger partial charge is 0.463 e. The predicted molar refractivity (Wildman–Crippen MR) is 112 cm³/mol. The molecule has 0 saturated carbocycles. The van der Waals surface area contributed by atoms with Crippen LogP contribution in [0.25, 0.3) is 0 Å². The quantitative estimate of drug-likeness (QED) is 0.252. The normalized spacial score (nSPS) is 25.0. The third-order valence-electron chi connectivity index (χ3n) is 3.87. The lowest BCUT2D eigenvalue weighted by molar-refractivity contribution is -0.308. The van der Waals surface area contributed by atoms with Gasteiger partial charge in [0.1, 0.15) is 12.7 Å². The molecule has 1 aliphatic heterocycles. The zero-order chi connectivity index (χ0) is 22.7. The second-order valence-electron chi connectivity index (χ2n) is 6.49. The number of ether oxygens (including phenoxy) is 6. The van der Waals surface area contributed by atoms with Gasteiger partial charge in [0.2, 0.25) is 0 Å². The molecule has 0 aromatic carbocycles. The van der Waals surface area contributed by atoms with Crippen LogP contribution in [0.5, 0.6) is 0 Å². The molecule has 0 aromatic heterocycles. The summed E-state index contributed by atoms with van der Waals surface area (Å²) in [6.07, 6.45) is -4.96. The van der Waals surface area contributed by atoms with Crippen LogP contribution in [0.2, 0.25) is 0 Å². The van der Waals surface area contributed by atoms with Crippen molar-refractivity contribution < 1.29 is 47.6 Å². The van der Waals surface area contributed by atoms with Gasteiger partial charge in [-0.05, 0) is 17.9 Å². The first-order valence-corrected chi connectivity index (χ1v) is 10.8. The zero-order valence-corrected chi connectivity index (χ0v) is 18.7. The van der Waals surface area contributed by atoms with Crippen molar-refractivity contribution in [1.29, 1.82) is 0 Å². The first-order valence-electron chi connectivity index (χ1n) is 9.65. The highest BCUT2D eigenvalue weighted by Crippen LogP contribution is 2.30. The first-order chi connectivity index (χ1) is 14.1. The van der Waals surface area contributed by atoms with E-state index in [1.54, 1.807) is 11.8 Å². The molecule has 1 rings (SSSR count). The molecule has 11 heteroatoms. The Bertz CT molecular complexity index is 597. The van der Waals surface area contributed by atoms with Crippen molar-refractivity contribution in [3.63, 3.8) is 0 Å². The molecule has 31 heavy (non-hydrogen) atoms. The molecule has 0 radical (unpaired) electrons. The number of hydrogen-bond donors (Lipinski definition) is 0.